The molecular weight excluding hydrogens is 618 g/mol. The van der Waals surface area contributed by atoms with Crippen molar-refractivity contribution in [1.82, 2.24) is 9.66 Å². The number of hydrogen-bond donors (Lipinski definition) is 0. The summed E-state index contributed by atoms with van der Waals surface area (Å²) in [6, 6.07) is 7.29. The number of benzene rings is 2. The third-order valence-corrected chi connectivity index (χ3v) is 7.70. The average Bonchev–Trinajstić information content (AvgIpc) is 2.76. The zero-order valence-corrected chi connectivity index (χ0v) is 24.1. The number of halogens is 3. The number of fused-ring (bicyclic) bond motifs is 1. The zero-order chi connectivity index (χ0) is 24.5. The maximum Gasteiger partial charge on any atom is 0.282 e. The molecule has 0 bridgehead atoms. The lowest BCUT2D eigenvalue weighted by Crippen LogP contribution is -2.29. The van der Waals surface area contributed by atoms with E-state index in [1.807, 2.05) is 45.9 Å². The molecule has 33 heavy (non-hydrogen) atoms. The first kappa shape index (κ1) is 25.9. The molecule has 3 rings (SSSR count). The summed E-state index contributed by atoms with van der Waals surface area (Å²) in [4.78, 5) is 18.1. The Kier molecular flexibility index (Phi) is 8.07. The first-order chi connectivity index (χ1) is 15.5. The molecule has 176 valence electrons. The summed E-state index contributed by atoms with van der Waals surface area (Å²) < 4.78 is 15.2. The molecule has 0 spiro atoms. The number of nitrogens with zero attached hydrogens (tertiary/aromatic N) is 3. The third-order valence-electron chi connectivity index (χ3n) is 5.06. The van der Waals surface area contributed by atoms with Gasteiger partial charge in [-0.25, -0.2) is 4.98 Å². The number of rotatable bonds is 6. The van der Waals surface area contributed by atoms with Crippen LogP contribution in [0.15, 0.2) is 47.6 Å². The maximum absolute atomic E-state index is 13.4. The Morgan fingerprint density at radius 3 is 2.48 bits per heavy atom. The lowest BCUT2D eigenvalue weighted by atomic mass is 9.95. The SMILES string of the molecule is CC[C@@H](C)Oc1c(OC)cc(C=Nn2c(C(C)(C)C)nc3ccc(Br)cc3c2=O)c(Br)c1Br. The van der Waals surface area contributed by atoms with E-state index in [2.05, 4.69) is 59.8 Å². The predicted molar refractivity (Wildman–Crippen MR) is 144 cm³/mol. The van der Waals surface area contributed by atoms with Crippen molar-refractivity contribution in [1.29, 1.82) is 0 Å². The maximum atomic E-state index is 13.4. The van der Waals surface area contributed by atoms with Crippen LogP contribution < -0.4 is 15.0 Å². The molecule has 0 aliphatic heterocycles. The van der Waals surface area contributed by atoms with Crippen molar-refractivity contribution in [3.63, 3.8) is 0 Å². The highest BCUT2D eigenvalue weighted by atomic mass is 79.9. The third kappa shape index (κ3) is 5.52. The van der Waals surface area contributed by atoms with Crippen LogP contribution in [-0.2, 0) is 5.41 Å². The molecule has 0 saturated carbocycles. The largest absolute Gasteiger partial charge is 0.493 e. The smallest absolute Gasteiger partial charge is 0.282 e. The summed E-state index contributed by atoms with van der Waals surface area (Å²) in [5.74, 6) is 1.74. The van der Waals surface area contributed by atoms with Gasteiger partial charge in [-0.2, -0.15) is 9.78 Å². The van der Waals surface area contributed by atoms with E-state index < -0.39 is 5.41 Å². The number of methoxy groups -OCH3 is 1. The molecule has 0 unspecified atom stereocenters. The van der Waals surface area contributed by atoms with Crippen molar-refractivity contribution in [2.45, 2.75) is 52.6 Å². The van der Waals surface area contributed by atoms with Gasteiger partial charge in [0.2, 0.25) is 0 Å². The fourth-order valence-corrected chi connectivity index (χ4v) is 4.38. The van der Waals surface area contributed by atoms with Gasteiger partial charge in [-0.3, -0.25) is 4.79 Å². The van der Waals surface area contributed by atoms with Crippen LogP contribution in [0.25, 0.3) is 10.9 Å². The molecular formula is C24H26Br3N3O3. The molecule has 0 fully saturated rings. The predicted octanol–water partition coefficient (Wildman–Crippen LogP) is 7.05. The minimum absolute atomic E-state index is 0.0255. The number of ether oxygens (including phenoxy) is 2. The summed E-state index contributed by atoms with van der Waals surface area (Å²) in [6.07, 6.45) is 2.50. The van der Waals surface area contributed by atoms with Crippen molar-refractivity contribution in [2.75, 3.05) is 7.11 Å². The van der Waals surface area contributed by atoms with Crippen LogP contribution in [0.2, 0.25) is 0 Å². The van der Waals surface area contributed by atoms with Crippen LogP contribution in [0.1, 0.15) is 52.4 Å². The van der Waals surface area contributed by atoms with Gasteiger partial charge in [0.25, 0.3) is 5.56 Å². The molecule has 6 nitrogen and oxygen atoms in total. The minimum atomic E-state index is -0.402. The first-order valence-corrected chi connectivity index (χ1v) is 12.9. The second kappa shape index (κ2) is 10.3. The van der Waals surface area contributed by atoms with Crippen LogP contribution in [0.3, 0.4) is 0 Å². The summed E-state index contributed by atoms with van der Waals surface area (Å²) in [6.45, 7) is 10.1. The highest BCUT2D eigenvalue weighted by molar-refractivity contribution is 9.13. The van der Waals surface area contributed by atoms with Gasteiger partial charge < -0.3 is 9.47 Å². The standard InChI is InChI=1S/C24H26Br3N3O3/c1-7-13(2)33-21-18(32-6)10-14(19(26)20(21)27)12-28-30-22(31)16-11-15(25)8-9-17(16)29-23(30)24(3,4)5/h8-13H,7H2,1-6H3/t13-/m1/s1. The van der Waals surface area contributed by atoms with E-state index in [4.69, 9.17) is 14.5 Å². The van der Waals surface area contributed by atoms with Gasteiger partial charge >= 0.3 is 0 Å². The van der Waals surface area contributed by atoms with E-state index in [0.29, 0.717) is 32.7 Å². The van der Waals surface area contributed by atoms with E-state index in [1.54, 1.807) is 19.4 Å². The molecule has 3 aromatic rings. The molecule has 0 saturated heterocycles. The van der Waals surface area contributed by atoms with Crippen LogP contribution >= 0.6 is 47.8 Å². The van der Waals surface area contributed by atoms with E-state index in [9.17, 15) is 4.79 Å². The molecule has 0 amide bonds. The van der Waals surface area contributed by atoms with Crippen LogP contribution in [0.5, 0.6) is 11.5 Å². The topological polar surface area (TPSA) is 65.7 Å². The van der Waals surface area contributed by atoms with Crippen molar-refractivity contribution >= 4 is 64.9 Å². The lowest BCUT2D eigenvalue weighted by molar-refractivity contribution is 0.206. The molecule has 0 aliphatic rings. The van der Waals surface area contributed by atoms with Gasteiger partial charge in [0.1, 0.15) is 5.82 Å². The molecule has 9 heteroatoms. The Balaban J connectivity index is 2.19. The second-order valence-electron chi connectivity index (χ2n) is 8.67. The molecule has 0 aliphatic carbocycles. The van der Waals surface area contributed by atoms with Crippen LogP contribution in [-0.4, -0.2) is 29.1 Å². The fraction of sp³-hybridized carbons (Fsp3) is 0.375. The van der Waals surface area contributed by atoms with Crippen LogP contribution in [0.4, 0.5) is 0 Å². The molecule has 0 N–H and O–H groups in total. The van der Waals surface area contributed by atoms with E-state index >= 15 is 0 Å². The summed E-state index contributed by atoms with van der Waals surface area (Å²) in [5.41, 5.74) is 0.718. The quantitative estimate of drug-likeness (QED) is 0.270. The van der Waals surface area contributed by atoms with Gasteiger partial charge in [-0.05, 0) is 69.5 Å². The molecule has 1 heterocycles. The van der Waals surface area contributed by atoms with Gasteiger partial charge in [-0.1, -0.05) is 43.6 Å². The minimum Gasteiger partial charge on any atom is -0.493 e. The van der Waals surface area contributed by atoms with Gasteiger partial charge in [0.15, 0.2) is 11.5 Å². The first-order valence-electron chi connectivity index (χ1n) is 10.5. The Labute approximate surface area is 218 Å². The average molecular weight is 644 g/mol. The highest BCUT2D eigenvalue weighted by Crippen LogP contribution is 2.43. The Morgan fingerprint density at radius 1 is 1.18 bits per heavy atom. The van der Waals surface area contributed by atoms with Gasteiger partial charge in [0.05, 0.1) is 34.8 Å². The van der Waals surface area contributed by atoms with Gasteiger partial charge in [-0.15, -0.1) is 0 Å². The summed E-state index contributed by atoms with van der Waals surface area (Å²) in [7, 11) is 1.59. The van der Waals surface area contributed by atoms with Crippen molar-refractivity contribution in [3.8, 4) is 11.5 Å². The van der Waals surface area contributed by atoms with Crippen molar-refractivity contribution in [3.05, 3.63) is 59.4 Å². The molecule has 1 aromatic heterocycles. The molecule has 2 aromatic carbocycles. The monoisotopic (exact) mass is 641 g/mol. The summed E-state index contributed by atoms with van der Waals surface area (Å²) in [5, 5.41) is 5.05. The van der Waals surface area contributed by atoms with E-state index in [1.165, 1.54) is 4.68 Å². The van der Waals surface area contributed by atoms with Crippen molar-refractivity contribution < 1.29 is 9.47 Å². The second-order valence-corrected chi connectivity index (χ2v) is 11.2. The Hall–Kier alpha value is -1.71. The normalized spacial score (nSPS) is 13.0. The number of hydrogen-bond acceptors (Lipinski definition) is 5. The lowest BCUT2D eigenvalue weighted by Gasteiger charge is -2.21. The van der Waals surface area contributed by atoms with E-state index in [-0.39, 0.29) is 11.7 Å². The van der Waals surface area contributed by atoms with Crippen LogP contribution in [0, 0.1) is 0 Å². The zero-order valence-electron chi connectivity index (χ0n) is 19.4. The molecule has 1 atom stereocenters. The molecule has 0 radical (unpaired) electrons. The number of aromatic nitrogens is 2. The Morgan fingerprint density at radius 2 is 1.88 bits per heavy atom. The summed E-state index contributed by atoms with van der Waals surface area (Å²) >= 11 is 10.7. The fourth-order valence-electron chi connectivity index (χ4n) is 3.11. The van der Waals surface area contributed by atoms with Crippen molar-refractivity contribution in [2.24, 2.45) is 5.10 Å². The van der Waals surface area contributed by atoms with Gasteiger partial charge in [0, 0.05) is 19.9 Å². The Bertz CT molecular complexity index is 1280. The highest BCUT2D eigenvalue weighted by Gasteiger charge is 2.23. The van der Waals surface area contributed by atoms with E-state index in [0.717, 1.165) is 20.9 Å².